The molecular weight excluding hydrogens is 240 g/mol. The Hall–Kier alpha value is -0.830. The Morgan fingerprint density at radius 2 is 2.00 bits per heavy atom. The Kier molecular flexibility index (Phi) is 2.72. The number of ether oxygens (including phenoxy) is 1. The minimum Gasteiger partial charge on any atom is -0.372 e. The second-order valence-electron chi connectivity index (χ2n) is 3.94. The van der Waals surface area contributed by atoms with Crippen LogP contribution in [0.5, 0.6) is 0 Å². The number of halogens is 1. The molecule has 16 heavy (non-hydrogen) atoms. The average molecular weight is 251 g/mol. The molecule has 0 N–H and O–H groups in total. The molecule has 2 aromatic rings. The smallest absolute Gasteiger partial charge is 0.0843 e. The fraction of sp³-hybridized carbons (Fsp3) is 0.231. The summed E-state index contributed by atoms with van der Waals surface area (Å²) in [5.41, 5.74) is 4.89. The van der Waals surface area contributed by atoms with E-state index in [-0.39, 0.29) is 5.38 Å². The van der Waals surface area contributed by atoms with E-state index in [0.717, 1.165) is 18.8 Å². The molecule has 82 valence electrons. The fourth-order valence-electron chi connectivity index (χ4n) is 1.96. The predicted octanol–water partition coefficient (Wildman–Crippen LogP) is 4.11. The summed E-state index contributed by atoms with van der Waals surface area (Å²) in [7, 11) is 0. The molecule has 0 bridgehead atoms. The van der Waals surface area contributed by atoms with E-state index in [0.29, 0.717) is 0 Å². The summed E-state index contributed by atoms with van der Waals surface area (Å²) in [6, 6.07) is 8.46. The summed E-state index contributed by atoms with van der Waals surface area (Å²) < 4.78 is 5.40. The Labute approximate surface area is 104 Å². The van der Waals surface area contributed by atoms with Gasteiger partial charge in [-0.05, 0) is 39.1 Å². The molecular formula is C13H11ClOS. The molecule has 1 aliphatic heterocycles. The van der Waals surface area contributed by atoms with Crippen LogP contribution >= 0.6 is 22.9 Å². The van der Waals surface area contributed by atoms with Crippen LogP contribution < -0.4 is 0 Å². The number of fused-ring (bicyclic) bond motifs is 1. The van der Waals surface area contributed by atoms with Gasteiger partial charge >= 0.3 is 0 Å². The van der Waals surface area contributed by atoms with Crippen molar-refractivity contribution in [3.8, 4) is 0 Å². The lowest BCUT2D eigenvalue weighted by Gasteiger charge is -2.09. The van der Waals surface area contributed by atoms with Crippen LogP contribution in [-0.4, -0.2) is 0 Å². The zero-order valence-corrected chi connectivity index (χ0v) is 10.2. The molecule has 0 saturated carbocycles. The summed E-state index contributed by atoms with van der Waals surface area (Å²) in [6.07, 6.45) is 0. The van der Waals surface area contributed by atoms with Gasteiger partial charge in [0.2, 0.25) is 0 Å². The van der Waals surface area contributed by atoms with Crippen LogP contribution in [0.15, 0.2) is 35.0 Å². The molecule has 0 aliphatic carbocycles. The van der Waals surface area contributed by atoms with E-state index in [1.165, 1.54) is 16.7 Å². The summed E-state index contributed by atoms with van der Waals surface area (Å²) in [5, 5.41) is 4.11. The van der Waals surface area contributed by atoms with E-state index in [2.05, 4.69) is 35.0 Å². The first-order valence-electron chi connectivity index (χ1n) is 5.20. The molecule has 2 heterocycles. The number of benzene rings is 1. The van der Waals surface area contributed by atoms with E-state index in [1.54, 1.807) is 11.3 Å². The first-order valence-corrected chi connectivity index (χ1v) is 6.58. The predicted molar refractivity (Wildman–Crippen MR) is 67.0 cm³/mol. The quantitative estimate of drug-likeness (QED) is 0.729. The van der Waals surface area contributed by atoms with Crippen molar-refractivity contribution in [3.63, 3.8) is 0 Å². The van der Waals surface area contributed by atoms with Gasteiger partial charge in [-0.25, -0.2) is 0 Å². The molecule has 1 nitrogen and oxygen atoms in total. The van der Waals surface area contributed by atoms with Crippen LogP contribution in [-0.2, 0) is 18.0 Å². The second kappa shape index (κ2) is 4.21. The molecule has 1 aromatic heterocycles. The van der Waals surface area contributed by atoms with Crippen LogP contribution in [0.4, 0.5) is 0 Å². The van der Waals surface area contributed by atoms with E-state index < -0.39 is 0 Å². The first kappa shape index (κ1) is 10.3. The van der Waals surface area contributed by atoms with Gasteiger partial charge in [-0.1, -0.05) is 18.2 Å². The van der Waals surface area contributed by atoms with Crippen molar-refractivity contribution in [2.24, 2.45) is 0 Å². The van der Waals surface area contributed by atoms with Gasteiger partial charge in [0.1, 0.15) is 0 Å². The molecule has 0 amide bonds. The lowest BCUT2D eigenvalue weighted by Crippen LogP contribution is -1.93. The summed E-state index contributed by atoms with van der Waals surface area (Å²) in [6.45, 7) is 1.46. The molecule has 1 aliphatic rings. The molecule has 0 spiro atoms. The van der Waals surface area contributed by atoms with Gasteiger partial charge in [-0.2, -0.15) is 11.3 Å². The van der Waals surface area contributed by atoms with Gasteiger partial charge in [0.25, 0.3) is 0 Å². The maximum Gasteiger partial charge on any atom is 0.0843 e. The molecule has 0 saturated heterocycles. The maximum absolute atomic E-state index is 6.44. The highest BCUT2D eigenvalue weighted by Gasteiger charge is 2.16. The largest absolute Gasteiger partial charge is 0.372 e. The van der Waals surface area contributed by atoms with E-state index in [4.69, 9.17) is 16.3 Å². The van der Waals surface area contributed by atoms with Crippen molar-refractivity contribution in [1.29, 1.82) is 0 Å². The molecule has 0 fully saturated rings. The van der Waals surface area contributed by atoms with Crippen molar-refractivity contribution >= 4 is 22.9 Å². The Bertz CT molecular complexity index is 493. The normalized spacial score (nSPS) is 16.1. The third-order valence-corrected chi connectivity index (χ3v) is 4.08. The molecule has 1 atom stereocenters. The van der Waals surface area contributed by atoms with Gasteiger partial charge in [-0.15, -0.1) is 11.6 Å². The SMILES string of the molecule is ClC(c1ccsc1)c1ccc2c(c1)COC2. The number of hydrogen-bond donors (Lipinski definition) is 0. The van der Waals surface area contributed by atoms with Crippen LogP contribution in [0.2, 0.25) is 0 Å². The molecule has 3 heteroatoms. The average Bonchev–Trinajstić information content (AvgIpc) is 2.98. The Morgan fingerprint density at radius 3 is 2.81 bits per heavy atom. The summed E-state index contributed by atoms with van der Waals surface area (Å²) in [5.74, 6) is 0. The number of rotatable bonds is 2. The van der Waals surface area contributed by atoms with Crippen molar-refractivity contribution in [3.05, 3.63) is 57.3 Å². The summed E-state index contributed by atoms with van der Waals surface area (Å²) >= 11 is 8.12. The van der Waals surface area contributed by atoms with E-state index in [9.17, 15) is 0 Å². The first-order chi connectivity index (χ1) is 7.84. The highest BCUT2D eigenvalue weighted by atomic mass is 35.5. The second-order valence-corrected chi connectivity index (χ2v) is 5.16. The third kappa shape index (κ3) is 1.77. The van der Waals surface area contributed by atoms with Gasteiger partial charge < -0.3 is 4.74 Å². The van der Waals surface area contributed by atoms with Gasteiger partial charge in [0.15, 0.2) is 0 Å². The summed E-state index contributed by atoms with van der Waals surface area (Å²) in [4.78, 5) is 0. The van der Waals surface area contributed by atoms with E-state index >= 15 is 0 Å². The highest BCUT2D eigenvalue weighted by molar-refractivity contribution is 7.08. The van der Waals surface area contributed by atoms with Crippen molar-refractivity contribution in [2.45, 2.75) is 18.6 Å². The molecule has 1 aromatic carbocycles. The molecule has 0 radical (unpaired) electrons. The van der Waals surface area contributed by atoms with Crippen molar-refractivity contribution in [2.75, 3.05) is 0 Å². The Balaban J connectivity index is 1.95. The zero-order chi connectivity index (χ0) is 11.0. The lowest BCUT2D eigenvalue weighted by molar-refractivity contribution is 0.134. The van der Waals surface area contributed by atoms with Crippen molar-refractivity contribution in [1.82, 2.24) is 0 Å². The van der Waals surface area contributed by atoms with Crippen LogP contribution in [0.1, 0.15) is 27.6 Å². The van der Waals surface area contributed by atoms with Crippen molar-refractivity contribution < 1.29 is 4.74 Å². The van der Waals surface area contributed by atoms with Crippen LogP contribution in [0.3, 0.4) is 0 Å². The van der Waals surface area contributed by atoms with Gasteiger partial charge in [-0.3, -0.25) is 0 Å². The van der Waals surface area contributed by atoms with E-state index in [1.807, 2.05) is 0 Å². The minimum absolute atomic E-state index is 0.0443. The zero-order valence-electron chi connectivity index (χ0n) is 8.65. The number of hydrogen-bond acceptors (Lipinski definition) is 2. The van der Waals surface area contributed by atoms with Crippen LogP contribution in [0, 0.1) is 0 Å². The van der Waals surface area contributed by atoms with Gasteiger partial charge in [0, 0.05) is 0 Å². The van der Waals surface area contributed by atoms with Gasteiger partial charge in [0.05, 0.1) is 18.6 Å². The number of alkyl halides is 1. The third-order valence-electron chi connectivity index (χ3n) is 2.87. The highest BCUT2D eigenvalue weighted by Crippen LogP contribution is 2.32. The number of thiophene rings is 1. The Morgan fingerprint density at radius 1 is 1.12 bits per heavy atom. The standard InChI is InChI=1S/C13H11ClOS/c14-13(11-3-4-16-8-11)9-1-2-10-6-15-7-12(10)5-9/h1-5,8,13H,6-7H2. The molecule has 1 unspecified atom stereocenters. The molecule has 3 rings (SSSR count). The topological polar surface area (TPSA) is 9.23 Å². The fourth-order valence-corrected chi connectivity index (χ4v) is 2.99. The lowest BCUT2D eigenvalue weighted by atomic mass is 10.0. The van der Waals surface area contributed by atoms with Crippen LogP contribution in [0.25, 0.3) is 0 Å². The maximum atomic E-state index is 6.44. The minimum atomic E-state index is -0.0443. The monoisotopic (exact) mass is 250 g/mol.